The summed E-state index contributed by atoms with van der Waals surface area (Å²) in [5.74, 6) is 0.708. The molecule has 0 fully saturated rings. The maximum atomic E-state index is 8.49. The molecule has 4 nitrogen and oxygen atoms in total. The monoisotopic (exact) mass is 236 g/mol. The van der Waals surface area contributed by atoms with Gasteiger partial charge in [0, 0.05) is 19.3 Å². The first-order valence-corrected chi connectivity index (χ1v) is 5.34. The molecule has 0 saturated heterocycles. The van der Waals surface area contributed by atoms with Crippen molar-refractivity contribution in [1.82, 2.24) is 9.88 Å². The van der Waals surface area contributed by atoms with Crippen LogP contribution in [0, 0.1) is 11.5 Å². The Kier molecular flexibility index (Phi) is 4.74. The number of aliphatic imine (C=N–C) groups is 1. The third kappa shape index (κ3) is 3.52. The van der Waals surface area contributed by atoms with E-state index in [4.69, 9.17) is 16.9 Å². The summed E-state index contributed by atoms with van der Waals surface area (Å²) in [6, 6.07) is 3.67. The molecule has 0 spiro atoms. The van der Waals surface area contributed by atoms with E-state index in [1.807, 2.05) is 24.8 Å². The van der Waals surface area contributed by atoms with Crippen LogP contribution in [0.3, 0.4) is 0 Å². The minimum Gasteiger partial charge on any atom is -0.355 e. The first kappa shape index (κ1) is 12.5. The first-order chi connectivity index (χ1) is 7.67. The van der Waals surface area contributed by atoms with Crippen LogP contribution < -0.4 is 0 Å². The molecule has 0 amide bonds. The molecule has 84 valence electrons. The van der Waals surface area contributed by atoms with E-state index in [1.54, 1.807) is 18.5 Å². The standard InChI is InChI=1S/C11H13ClN4/c1-3-16(9(2)15-8-13)7-10-4-5-11(12)14-6-10/h4-6H,3,7H2,1-2H3/b15-9+. The number of amidine groups is 1. The van der Waals surface area contributed by atoms with Gasteiger partial charge in [-0.15, -0.1) is 0 Å². The van der Waals surface area contributed by atoms with Crippen LogP contribution in [0.2, 0.25) is 5.15 Å². The number of rotatable bonds is 3. The maximum Gasteiger partial charge on any atom is 0.207 e. The molecular formula is C11H13ClN4. The lowest BCUT2D eigenvalue weighted by Gasteiger charge is -2.21. The van der Waals surface area contributed by atoms with E-state index in [0.717, 1.165) is 12.1 Å². The van der Waals surface area contributed by atoms with Gasteiger partial charge in [0.1, 0.15) is 11.0 Å². The first-order valence-electron chi connectivity index (χ1n) is 4.96. The van der Waals surface area contributed by atoms with Gasteiger partial charge in [-0.1, -0.05) is 17.7 Å². The molecule has 1 aromatic rings. The van der Waals surface area contributed by atoms with Crippen LogP contribution in [0.25, 0.3) is 0 Å². The molecule has 0 N–H and O–H groups in total. The fourth-order valence-electron chi connectivity index (χ4n) is 1.32. The summed E-state index contributed by atoms with van der Waals surface area (Å²) in [4.78, 5) is 9.71. The van der Waals surface area contributed by atoms with Crippen molar-refractivity contribution in [3.63, 3.8) is 0 Å². The smallest absolute Gasteiger partial charge is 0.207 e. The molecule has 0 aliphatic heterocycles. The van der Waals surface area contributed by atoms with Gasteiger partial charge in [0.05, 0.1) is 0 Å². The van der Waals surface area contributed by atoms with Gasteiger partial charge in [0.15, 0.2) is 0 Å². The van der Waals surface area contributed by atoms with Gasteiger partial charge in [-0.05, 0) is 25.5 Å². The van der Waals surface area contributed by atoms with Crippen LogP contribution >= 0.6 is 11.6 Å². The molecule has 0 aliphatic rings. The lowest BCUT2D eigenvalue weighted by molar-refractivity contribution is 0.432. The van der Waals surface area contributed by atoms with Gasteiger partial charge in [0.25, 0.3) is 0 Å². The van der Waals surface area contributed by atoms with Crippen molar-refractivity contribution in [1.29, 1.82) is 5.26 Å². The van der Waals surface area contributed by atoms with E-state index >= 15 is 0 Å². The number of halogens is 1. The molecule has 0 atom stereocenters. The van der Waals surface area contributed by atoms with Gasteiger partial charge in [-0.25, -0.2) is 4.98 Å². The Hall–Kier alpha value is -1.60. The Morgan fingerprint density at radius 2 is 2.38 bits per heavy atom. The van der Waals surface area contributed by atoms with Crippen molar-refractivity contribution in [2.24, 2.45) is 4.99 Å². The fourth-order valence-corrected chi connectivity index (χ4v) is 1.43. The number of hydrogen-bond donors (Lipinski definition) is 0. The van der Waals surface area contributed by atoms with E-state index < -0.39 is 0 Å². The highest BCUT2D eigenvalue weighted by Crippen LogP contribution is 2.08. The lowest BCUT2D eigenvalue weighted by Crippen LogP contribution is -2.28. The Morgan fingerprint density at radius 3 is 2.88 bits per heavy atom. The minimum atomic E-state index is 0.481. The van der Waals surface area contributed by atoms with Crippen LogP contribution in [-0.2, 0) is 6.54 Å². The third-order valence-corrected chi connectivity index (χ3v) is 2.44. The second-order valence-corrected chi connectivity index (χ2v) is 3.65. The Labute approximate surface area is 100 Å². The highest BCUT2D eigenvalue weighted by Gasteiger charge is 2.05. The lowest BCUT2D eigenvalue weighted by atomic mass is 10.2. The Balaban J connectivity index is 2.75. The van der Waals surface area contributed by atoms with Crippen molar-refractivity contribution >= 4 is 17.4 Å². The normalized spacial score (nSPS) is 11.0. The van der Waals surface area contributed by atoms with Crippen molar-refractivity contribution < 1.29 is 0 Å². The molecule has 1 rings (SSSR count). The van der Waals surface area contributed by atoms with Crippen molar-refractivity contribution in [2.45, 2.75) is 20.4 Å². The molecular weight excluding hydrogens is 224 g/mol. The summed E-state index contributed by atoms with van der Waals surface area (Å²) in [6.07, 6.45) is 3.51. The number of nitriles is 1. The summed E-state index contributed by atoms with van der Waals surface area (Å²) in [5, 5.41) is 8.97. The number of hydrogen-bond acceptors (Lipinski definition) is 3. The van der Waals surface area contributed by atoms with Gasteiger partial charge in [0.2, 0.25) is 6.19 Å². The van der Waals surface area contributed by atoms with E-state index in [0.29, 0.717) is 17.5 Å². The van der Waals surface area contributed by atoms with Crippen LogP contribution in [0.4, 0.5) is 0 Å². The zero-order valence-electron chi connectivity index (χ0n) is 9.31. The van der Waals surface area contributed by atoms with Crippen LogP contribution in [0.5, 0.6) is 0 Å². The molecule has 0 bridgehead atoms. The molecule has 1 heterocycles. The summed E-state index contributed by atoms with van der Waals surface area (Å²) >= 11 is 5.70. The minimum absolute atomic E-state index is 0.481. The molecule has 0 aromatic carbocycles. The quantitative estimate of drug-likeness (QED) is 0.351. The fraction of sp³-hybridized carbons (Fsp3) is 0.364. The summed E-state index contributed by atoms with van der Waals surface area (Å²) in [7, 11) is 0. The highest BCUT2D eigenvalue weighted by atomic mass is 35.5. The average Bonchev–Trinajstić information content (AvgIpc) is 2.28. The largest absolute Gasteiger partial charge is 0.355 e. The molecule has 0 aliphatic carbocycles. The molecule has 5 heteroatoms. The van der Waals surface area contributed by atoms with E-state index in [2.05, 4.69) is 9.98 Å². The number of aromatic nitrogens is 1. The Bertz CT molecular complexity index is 405. The van der Waals surface area contributed by atoms with Crippen molar-refractivity contribution in [2.75, 3.05) is 6.54 Å². The maximum absolute atomic E-state index is 8.49. The van der Waals surface area contributed by atoms with Crippen LogP contribution in [0.15, 0.2) is 23.3 Å². The van der Waals surface area contributed by atoms with E-state index in [1.165, 1.54) is 0 Å². The molecule has 16 heavy (non-hydrogen) atoms. The highest BCUT2D eigenvalue weighted by molar-refractivity contribution is 6.29. The SMILES string of the molecule is CCN(Cc1ccc(Cl)nc1)/C(C)=N/C#N. The predicted molar refractivity (Wildman–Crippen MR) is 64.1 cm³/mol. The summed E-state index contributed by atoms with van der Waals surface area (Å²) < 4.78 is 0. The van der Waals surface area contributed by atoms with Gasteiger partial charge in [-0.2, -0.15) is 10.3 Å². The third-order valence-electron chi connectivity index (χ3n) is 2.21. The Morgan fingerprint density at radius 1 is 1.62 bits per heavy atom. The predicted octanol–water partition coefficient (Wildman–Crippen LogP) is 2.46. The van der Waals surface area contributed by atoms with E-state index in [-0.39, 0.29) is 0 Å². The average molecular weight is 237 g/mol. The van der Waals surface area contributed by atoms with Crippen LogP contribution in [0.1, 0.15) is 19.4 Å². The zero-order valence-corrected chi connectivity index (χ0v) is 10.1. The number of nitrogens with zero attached hydrogens (tertiary/aromatic N) is 4. The van der Waals surface area contributed by atoms with Gasteiger partial charge >= 0.3 is 0 Å². The second-order valence-electron chi connectivity index (χ2n) is 3.26. The van der Waals surface area contributed by atoms with Crippen molar-refractivity contribution in [3.05, 3.63) is 29.0 Å². The van der Waals surface area contributed by atoms with Gasteiger partial charge in [-0.3, -0.25) is 0 Å². The molecule has 0 radical (unpaired) electrons. The summed E-state index contributed by atoms with van der Waals surface area (Å²) in [5.41, 5.74) is 1.04. The second kappa shape index (κ2) is 6.09. The summed E-state index contributed by atoms with van der Waals surface area (Å²) in [6.45, 7) is 5.30. The molecule has 1 aromatic heterocycles. The molecule has 0 saturated carbocycles. The van der Waals surface area contributed by atoms with E-state index in [9.17, 15) is 0 Å². The zero-order chi connectivity index (χ0) is 12.0. The van der Waals surface area contributed by atoms with Crippen molar-refractivity contribution in [3.8, 4) is 6.19 Å². The number of pyridine rings is 1. The molecule has 0 unspecified atom stereocenters. The topological polar surface area (TPSA) is 52.3 Å². The van der Waals surface area contributed by atoms with Crippen LogP contribution in [-0.4, -0.2) is 22.3 Å². The van der Waals surface area contributed by atoms with Gasteiger partial charge < -0.3 is 4.90 Å².